The number of rotatable bonds is 6. The average molecular weight is 428 g/mol. The molecular weight excluding hydrogens is 413 g/mol. The number of alkyl halides is 3. The summed E-state index contributed by atoms with van der Waals surface area (Å²) < 4.78 is 50.9. The minimum atomic E-state index is -4.74. The maximum atomic E-state index is 13.4. The highest BCUT2D eigenvalue weighted by molar-refractivity contribution is 5.92. The summed E-state index contributed by atoms with van der Waals surface area (Å²) >= 11 is 0. The van der Waals surface area contributed by atoms with E-state index >= 15 is 0 Å². The van der Waals surface area contributed by atoms with Gasteiger partial charge in [-0.15, -0.1) is 0 Å². The maximum absolute atomic E-state index is 13.4. The van der Waals surface area contributed by atoms with E-state index in [1.54, 1.807) is 24.4 Å². The molecule has 0 saturated heterocycles. The van der Waals surface area contributed by atoms with Crippen LogP contribution in [0, 0.1) is 0 Å². The average Bonchev–Trinajstić information content (AvgIpc) is 3.25. The molecule has 7 nitrogen and oxygen atoms in total. The molecule has 0 fully saturated rings. The number of hydrogen-bond donors (Lipinski definition) is 1. The van der Waals surface area contributed by atoms with E-state index in [2.05, 4.69) is 15.1 Å². The minimum absolute atomic E-state index is 0.0844. The van der Waals surface area contributed by atoms with Gasteiger partial charge in [-0.1, -0.05) is 29.4 Å². The number of hydrogen-bond acceptors (Lipinski definition) is 6. The number of nitrogens with zero attached hydrogens (tertiary/aromatic N) is 3. The van der Waals surface area contributed by atoms with Crippen LogP contribution in [0.4, 0.5) is 13.2 Å². The second-order valence-electron chi connectivity index (χ2n) is 6.50. The molecule has 0 aliphatic heterocycles. The Morgan fingerprint density at radius 3 is 2.65 bits per heavy atom. The lowest BCUT2D eigenvalue weighted by molar-refractivity contribution is -0.156. The van der Waals surface area contributed by atoms with E-state index in [-0.39, 0.29) is 23.8 Å². The van der Waals surface area contributed by atoms with Crippen LogP contribution in [0.3, 0.4) is 0 Å². The van der Waals surface area contributed by atoms with E-state index in [0.29, 0.717) is 11.3 Å². The molecule has 3 heterocycles. The first-order valence-electron chi connectivity index (χ1n) is 9.12. The molecule has 1 N–H and O–H groups in total. The first kappa shape index (κ1) is 20.3. The molecule has 0 aliphatic carbocycles. The van der Waals surface area contributed by atoms with Crippen molar-refractivity contribution in [3.63, 3.8) is 0 Å². The highest BCUT2D eigenvalue weighted by atomic mass is 19.4. The van der Waals surface area contributed by atoms with Crippen LogP contribution in [0.25, 0.3) is 10.9 Å². The lowest BCUT2D eigenvalue weighted by atomic mass is 10.1. The first-order chi connectivity index (χ1) is 14.9. The molecule has 0 spiro atoms. The second-order valence-corrected chi connectivity index (χ2v) is 6.50. The van der Waals surface area contributed by atoms with Gasteiger partial charge in [-0.05, 0) is 24.3 Å². The van der Waals surface area contributed by atoms with Crippen LogP contribution < -0.4 is 10.1 Å². The van der Waals surface area contributed by atoms with E-state index < -0.39 is 18.1 Å². The summed E-state index contributed by atoms with van der Waals surface area (Å²) in [7, 11) is 0. The molecule has 10 heteroatoms. The van der Waals surface area contributed by atoms with E-state index in [1.807, 2.05) is 17.4 Å². The molecule has 0 saturated carbocycles. The predicted molar refractivity (Wildman–Crippen MR) is 103 cm³/mol. The molecule has 4 rings (SSSR count). The minimum Gasteiger partial charge on any atom is -0.483 e. The summed E-state index contributed by atoms with van der Waals surface area (Å²) in [6.07, 6.45) is -1.89. The number of ether oxygens (including phenoxy) is 1. The van der Waals surface area contributed by atoms with Gasteiger partial charge in [-0.3, -0.25) is 14.8 Å². The lowest BCUT2D eigenvalue weighted by Crippen LogP contribution is -2.38. The molecule has 3 aromatic heterocycles. The Labute approximate surface area is 173 Å². The van der Waals surface area contributed by atoms with Crippen molar-refractivity contribution in [1.82, 2.24) is 20.4 Å². The number of benzene rings is 1. The number of pyridine rings is 2. The molecule has 158 valence electrons. The van der Waals surface area contributed by atoms with Gasteiger partial charge in [0.1, 0.15) is 17.9 Å². The van der Waals surface area contributed by atoms with E-state index in [0.717, 1.165) is 5.39 Å². The number of halogens is 3. The van der Waals surface area contributed by atoms with Crippen LogP contribution in [-0.4, -0.2) is 27.2 Å². The molecule has 1 aromatic carbocycles. The van der Waals surface area contributed by atoms with Crippen LogP contribution in [-0.2, 0) is 6.61 Å². The number of fused-ring (bicyclic) bond motifs is 1. The molecular formula is C21H15F3N4O3. The van der Waals surface area contributed by atoms with Crippen molar-refractivity contribution in [2.75, 3.05) is 0 Å². The molecule has 1 atom stereocenters. The monoisotopic (exact) mass is 428 g/mol. The summed E-state index contributed by atoms with van der Waals surface area (Å²) in [6.45, 7) is -0.0844. The third-order valence-electron chi connectivity index (χ3n) is 4.34. The Hall–Kier alpha value is -3.95. The summed E-state index contributed by atoms with van der Waals surface area (Å²) in [5, 5.41) is 6.33. The van der Waals surface area contributed by atoms with Gasteiger partial charge in [0.2, 0.25) is 0 Å². The zero-order valence-electron chi connectivity index (χ0n) is 15.8. The highest BCUT2D eigenvalue weighted by Gasteiger charge is 2.43. The van der Waals surface area contributed by atoms with Crippen LogP contribution in [0.2, 0.25) is 0 Å². The van der Waals surface area contributed by atoms with Gasteiger partial charge in [0, 0.05) is 23.8 Å². The second kappa shape index (κ2) is 8.42. The number of nitrogens with one attached hydrogen (secondary N) is 1. The fourth-order valence-corrected chi connectivity index (χ4v) is 2.90. The lowest BCUT2D eigenvalue weighted by Gasteiger charge is -2.20. The molecule has 0 radical (unpaired) electrons. The van der Waals surface area contributed by atoms with E-state index in [1.165, 1.54) is 30.5 Å². The fourth-order valence-electron chi connectivity index (χ4n) is 2.90. The van der Waals surface area contributed by atoms with Crippen molar-refractivity contribution >= 4 is 16.8 Å². The van der Waals surface area contributed by atoms with Gasteiger partial charge in [0.25, 0.3) is 5.91 Å². The summed E-state index contributed by atoms with van der Waals surface area (Å²) in [6, 6.07) is 12.1. The van der Waals surface area contributed by atoms with Crippen molar-refractivity contribution in [1.29, 1.82) is 0 Å². The van der Waals surface area contributed by atoms with Crippen molar-refractivity contribution < 1.29 is 27.2 Å². The standard InChI is InChI=1S/C21H15F3N4O3/c22-21(23,24)19(15-7-1-2-9-25-15)27-20(29)16-11-14(31-28-16)12-30-17-8-3-5-13-6-4-10-26-18(13)17/h1-11,19H,12H2,(H,27,29)/t19-/m1/s1. The van der Waals surface area contributed by atoms with Crippen LogP contribution in [0.15, 0.2) is 71.5 Å². The topological polar surface area (TPSA) is 90.1 Å². The van der Waals surface area contributed by atoms with E-state index in [9.17, 15) is 18.0 Å². The largest absolute Gasteiger partial charge is 0.483 e. The maximum Gasteiger partial charge on any atom is 0.414 e. The van der Waals surface area contributed by atoms with Crippen molar-refractivity contribution in [2.24, 2.45) is 0 Å². The molecule has 0 aliphatic rings. The Kier molecular flexibility index (Phi) is 5.52. The van der Waals surface area contributed by atoms with Crippen LogP contribution >= 0.6 is 0 Å². The summed E-state index contributed by atoms with van der Waals surface area (Å²) in [4.78, 5) is 20.3. The fraction of sp³-hybridized carbons (Fsp3) is 0.143. The Morgan fingerprint density at radius 2 is 1.87 bits per heavy atom. The van der Waals surface area contributed by atoms with Crippen molar-refractivity contribution in [2.45, 2.75) is 18.8 Å². The predicted octanol–water partition coefficient (Wildman–Crippen LogP) is 4.23. The number of para-hydroxylation sites is 1. The highest BCUT2D eigenvalue weighted by Crippen LogP contribution is 2.31. The first-order valence-corrected chi connectivity index (χ1v) is 9.12. The molecule has 0 unspecified atom stereocenters. The van der Waals surface area contributed by atoms with Crippen molar-refractivity contribution in [3.05, 3.63) is 84.1 Å². The Balaban J connectivity index is 1.46. The van der Waals surface area contributed by atoms with Gasteiger partial charge in [-0.2, -0.15) is 13.2 Å². The zero-order chi connectivity index (χ0) is 21.8. The number of carbonyl (C=O) groups is 1. The van der Waals surface area contributed by atoms with E-state index in [4.69, 9.17) is 9.26 Å². The SMILES string of the molecule is O=C(N[C@H](c1ccccn1)C(F)(F)F)c1cc(COc2cccc3cccnc23)on1. The molecule has 0 bridgehead atoms. The Morgan fingerprint density at radius 1 is 1.06 bits per heavy atom. The smallest absolute Gasteiger partial charge is 0.414 e. The van der Waals surface area contributed by atoms with Gasteiger partial charge in [0.15, 0.2) is 17.5 Å². The van der Waals surface area contributed by atoms with Gasteiger partial charge < -0.3 is 14.6 Å². The van der Waals surface area contributed by atoms with Crippen LogP contribution in [0.5, 0.6) is 5.75 Å². The van der Waals surface area contributed by atoms with Gasteiger partial charge >= 0.3 is 6.18 Å². The van der Waals surface area contributed by atoms with Gasteiger partial charge in [-0.25, -0.2) is 0 Å². The zero-order valence-corrected chi connectivity index (χ0v) is 15.8. The third-order valence-corrected chi connectivity index (χ3v) is 4.34. The quantitative estimate of drug-likeness (QED) is 0.494. The van der Waals surface area contributed by atoms with Gasteiger partial charge in [0.05, 0.1) is 5.69 Å². The number of aromatic nitrogens is 3. The third kappa shape index (κ3) is 4.63. The summed E-state index contributed by atoms with van der Waals surface area (Å²) in [5.41, 5.74) is 0.00421. The molecule has 4 aromatic rings. The number of amides is 1. The normalized spacial score (nSPS) is 12.5. The molecule has 1 amide bonds. The number of carbonyl (C=O) groups excluding carboxylic acids is 1. The summed E-state index contributed by atoms with van der Waals surface area (Å²) in [5.74, 6) is -0.387. The molecule has 31 heavy (non-hydrogen) atoms. The van der Waals surface area contributed by atoms with Crippen LogP contribution in [0.1, 0.15) is 28.0 Å². The van der Waals surface area contributed by atoms with Crippen molar-refractivity contribution in [3.8, 4) is 5.75 Å². The Bertz CT molecular complexity index is 1190.